The van der Waals surface area contributed by atoms with Crippen molar-refractivity contribution in [2.24, 2.45) is 0 Å². The number of para-hydroxylation sites is 1. The summed E-state index contributed by atoms with van der Waals surface area (Å²) in [7, 11) is 1.71. The highest BCUT2D eigenvalue weighted by Gasteiger charge is 2.20. The molecule has 1 aromatic heterocycles. The number of hydrogen-bond acceptors (Lipinski definition) is 3. The summed E-state index contributed by atoms with van der Waals surface area (Å²) < 4.78 is 11.3. The van der Waals surface area contributed by atoms with E-state index in [0.717, 1.165) is 35.1 Å². The van der Waals surface area contributed by atoms with Crippen LogP contribution in [0, 0.1) is 0 Å². The highest BCUT2D eigenvalue weighted by Crippen LogP contribution is 2.34. The first-order chi connectivity index (χ1) is 12.7. The van der Waals surface area contributed by atoms with Gasteiger partial charge in [0.2, 0.25) is 0 Å². The Morgan fingerprint density at radius 1 is 1.04 bits per heavy atom. The van der Waals surface area contributed by atoms with Gasteiger partial charge in [-0.25, -0.2) is 0 Å². The largest absolute Gasteiger partial charge is 0.496 e. The first kappa shape index (κ1) is 18.6. The van der Waals surface area contributed by atoms with Crippen LogP contribution in [0.2, 0.25) is 5.02 Å². The molecule has 0 saturated carbocycles. The van der Waals surface area contributed by atoms with Gasteiger partial charge >= 0.3 is 0 Å². The van der Waals surface area contributed by atoms with Crippen molar-refractivity contribution in [3.05, 3.63) is 88.8 Å². The van der Waals surface area contributed by atoms with Crippen molar-refractivity contribution in [2.45, 2.75) is 25.3 Å². The number of benzene rings is 2. The van der Waals surface area contributed by atoms with E-state index >= 15 is 0 Å². The van der Waals surface area contributed by atoms with Crippen molar-refractivity contribution in [1.82, 2.24) is 5.32 Å². The van der Waals surface area contributed by atoms with E-state index in [4.69, 9.17) is 20.8 Å². The van der Waals surface area contributed by atoms with Crippen LogP contribution in [-0.2, 0) is 0 Å². The monoisotopic (exact) mass is 369 g/mol. The molecule has 2 aromatic carbocycles. The van der Waals surface area contributed by atoms with Gasteiger partial charge in [-0.1, -0.05) is 41.9 Å². The molecule has 0 saturated heterocycles. The lowest BCUT2D eigenvalue weighted by Gasteiger charge is -2.20. The number of halogens is 1. The Kier molecular flexibility index (Phi) is 6.37. The van der Waals surface area contributed by atoms with Crippen LogP contribution in [-0.4, -0.2) is 13.7 Å². The van der Waals surface area contributed by atoms with Crippen LogP contribution in [0.5, 0.6) is 5.75 Å². The molecule has 1 heterocycles. The summed E-state index contributed by atoms with van der Waals surface area (Å²) in [6.07, 6.45) is 2.63. The highest BCUT2D eigenvalue weighted by molar-refractivity contribution is 6.30. The number of furan rings is 1. The number of hydrogen-bond donors (Lipinski definition) is 1. The Morgan fingerprint density at radius 3 is 2.50 bits per heavy atom. The van der Waals surface area contributed by atoms with Gasteiger partial charge in [0.1, 0.15) is 11.5 Å². The second-order valence-electron chi connectivity index (χ2n) is 6.33. The lowest BCUT2D eigenvalue weighted by atomic mass is 9.92. The van der Waals surface area contributed by atoms with Crippen LogP contribution in [0.15, 0.2) is 71.3 Å². The number of rotatable bonds is 8. The zero-order valence-corrected chi connectivity index (χ0v) is 15.9. The van der Waals surface area contributed by atoms with Gasteiger partial charge in [0.05, 0.1) is 13.4 Å². The van der Waals surface area contributed by atoms with Gasteiger partial charge in [0.15, 0.2) is 0 Å². The number of nitrogens with one attached hydrogen (secondary N) is 1. The van der Waals surface area contributed by atoms with E-state index in [2.05, 4.69) is 30.4 Å². The molecule has 0 aliphatic heterocycles. The quantitative estimate of drug-likeness (QED) is 0.543. The Bertz CT molecular complexity index is 799. The maximum Gasteiger partial charge on any atom is 0.122 e. The van der Waals surface area contributed by atoms with E-state index in [1.807, 2.05) is 42.5 Å². The van der Waals surface area contributed by atoms with Gasteiger partial charge in [-0.15, -0.1) is 0 Å². The van der Waals surface area contributed by atoms with E-state index in [-0.39, 0.29) is 12.0 Å². The standard InChI is InChI=1S/C22H24ClNO2/c1-16(17-9-11-18(23)12-10-17)24-14-13-20(22-8-5-15-26-22)19-6-3-4-7-21(19)25-2/h3-12,15-16,20,24H,13-14H2,1-2H3/t16-,20+/m1/s1. The molecule has 0 bridgehead atoms. The molecule has 0 aliphatic rings. The molecule has 26 heavy (non-hydrogen) atoms. The molecular weight excluding hydrogens is 346 g/mol. The van der Waals surface area contributed by atoms with E-state index in [1.165, 1.54) is 5.56 Å². The summed E-state index contributed by atoms with van der Waals surface area (Å²) >= 11 is 5.97. The molecule has 3 rings (SSSR count). The van der Waals surface area contributed by atoms with Crippen molar-refractivity contribution >= 4 is 11.6 Å². The molecule has 2 atom stereocenters. The average molecular weight is 370 g/mol. The molecule has 0 radical (unpaired) electrons. The van der Waals surface area contributed by atoms with Crippen LogP contribution in [0.25, 0.3) is 0 Å². The summed E-state index contributed by atoms with van der Waals surface area (Å²) in [4.78, 5) is 0. The third kappa shape index (κ3) is 4.48. The van der Waals surface area contributed by atoms with Crippen LogP contribution < -0.4 is 10.1 Å². The van der Waals surface area contributed by atoms with E-state index in [1.54, 1.807) is 13.4 Å². The van der Waals surface area contributed by atoms with Gasteiger partial charge in [0, 0.05) is 22.5 Å². The van der Waals surface area contributed by atoms with Crippen LogP contribution in [0.3, 0.4) is 0 Å². The number of ether oxygens (including phenoxy) is 1. The first-order valence-electron chi connectivity index (χ1n) is 8.84. The highest BCUT2D eigenvalue weighted by atomic mass is 35.5. The molecule has 0 aliphatic carbocycles. The molecule has 1 N–H and O–H groups in total. The van der Waals surface area contributed by atoms with Crippen LogP contribution in [0.1, 0.15) is 42.2 Å². The summed E-state index contributed by atoms with van der Waals surface area (Å²) in [6, 6.07) is 20.3. The molecule has 136 valence electrons. The van der Waals surface area contributed by atoms with Crippen molar-refractivity contribution < 1.29 is 9.15 Å². The zero-order valence-electron chi connectivity index (χ0n) is 15.1. The zero-order chi connectivity index (χ0) is 18.4. The van der Waals surface area contributed by atoms with Crippen molar-refractivity contribution in [3.8, 4) is 5.75 Å². The Balaban J connectivity index is 1.70. The fourth-order valence-electron chi connectivity index (χ4n) is 3.21. The maximum absolute atomic E-state index is 5.97. The van der Waals surface area contributed by atoms with Crippen LogP contribution in [0.4, 0.5) is 0 Å². The third-order valence-electron chi connectivity index (χ3n) is 4.65. The molecule has 3 nitrogen and oxygen atoms in total. The third-order valence-corrected chi connectivity index (χ3v) is 4.91. The minimum absolute atomic E-state index is 0.145. The molecule has 0 fully saturated rings. The SMILES string of the molecule is COc1ccccc1[C@H](CCN[C@H](C)c1ccc(Cl)cc1)c1ccco1. The average Bonchev–Trinajstić information content (AvgIpc) is 3.20. The van der Waals surface area contributed by atoms with Gasteiger partial charge in [-0.3, -0.25) is 0 Å². The predicted octanol–water partition coefficient (Wildman–Crippen LogP) is 5.81. The van der Waals surface area contributed by atoms with E-state index < -0.39 is 0 Å². The summed E-state index contributed by atoms with van der Waals surface area (Å²) in [6.45, 7) is 3.02. The minimum Gasteiger partial charge on any atom is -0.496 e. The molecule has 3 aromatic rings. The molecule has 0 amide bonds. The van der Waals surface area contributed by atoms with Crippen LogP contribution >= 0.6 is 11.6 Å². The van der Waals surface area contributed by atoms with Gasteiger partial charge in [-0.2, -0.15) is 0 Å². The van der Waals surface area contributed by atoms with Gasteiger partial charge in [0.25, 0.3) is 0 Å². The topological polar surface area (TPSA) is 34.4 Å². The second-order valence-corrected chi connectivity index (χ2v) is 6.76. The molecule has 4 heteroatoms. The maximum atomic E-state index is 5.97. The summed E-state index contributed by atoms with van der Waals surface area (Å²) in [5, 5.41) is 4.35. The first-order valence-corrected chi connectivity index (χ1v) is 9.22. The lowest BCUT2D eigenvalue weighted by Crippen LogP contribution is -2.22. The summed E-state index contributed by atoms with van der Waals surface area (Å²) in [5.74, 6) is 1.99. The Hall–Kier alpha value is -2.23. The summed E-state index contributed by atoms with van der Waals surface area (Å²) in [5.41, 5.74) is 2.37. The normalized spacial score (nSPS) is 13.3. The molecular formula is C22H24ClNO2. The fraction of sp³-hybridized carbons (Fsp3) is 0.273. The predicted molar refractivity (Wildman–Crippen MR) is 106 cm³/mol. The van der Waals surface area contributed by atoms with Crippen molar-refractivity contribution in [1.29, 1.82) is 0 Å². The van der Waals surface area contributed by atoms with E-state index in [0.29, 0.717) is 0 Å². The Labute approximate surface area is 159 Å². The van der Waals surface area contributed by atoms with Crippen molar-refractivity contribution in [3.63, 3.8) is 0 Å². The molecule has 0 spiro atoms. The Morgan fingerprint density at radius 2 is 1.81 bits per heavy atom. The van der Waals surface area contributed by atoms with Crippen molar-refractivity contribution in [2.75, 3.05) is 13.7 Å². The minimum atomic E-state index is 0.145. The second kappa shape index (κ2) is 8.93. The smallest absolute Gasteiger partial charge is 0.122 e. The van der Waals surface area contributed by atoms with Gasteiger partial charge < -0.3 is 14.5 Å². The van der Waals surface area contributed by atoms with Gasteiger partial charge in [-0.05, 0) is 55.8 Å². The molecule has 0 unspecified atom stereocenters. The van der Waals surface area contributed by atoms with E-state index in [9.17, 15) is 0 Å². The number of methoxy groups -OCH3 is 1. The lowest BCUT2D eigenvalue weighted by molar-refractivity contribution is 0.397. The fourth-order valence-corrected chi connectivity index (χ4v) is 3.33.